The fourth-order valence-corrected chi connectivity index (χ4v) is 7.12. The van der Waals surface area contributed by atoms with Crippen LogP contribution in [0.15, 0.2) is 0 Å². The van der Waals surface area contributed by atoms with E-state index < -0.39 is 0 Å². The zero-order valence-electron chi connectivity index (χ0n) is 33.7. The van der Waals surface area contributed by atoms with Gasteiger partial charge in [0.1, 0.15) is 6.10 Å². The average Bonchev–Trinajstić information content (AvgIpc) is 3.09. The van der Waals surface area contributed by atoms with E-state index in [0.29, 0.717) is 6.42 Å². The molecule has 0 aliphatic heterocycles. The summed E-state index contributed by atoms with van der Waals surface area (Å²) in [5, 5.41) is 20.0. The van der Waals surface area contributed by atoms with E-state index >= 15 is 0 Å². The number of rotatable bonds is 41. The summed E-state index contributed by atoms with van der Waals surface area (Å²) in [7, 11) is 0. The first-order chi connectivity index (χ1) is 24.1. The van der Waals surface area contributed by atoms with Crippen LogP contribution in [0.4, 0.5) is 0 Å². The van der Waals surface area contributed by atoms with Gasteiger partial charge in [-0.2, -0.15) is 0 Å². The number of unbranched alkanes of at least 4 members (excludes halogenated alkanes) is 25. The lowest BCUT2D eigenvalue weighted by atomic mass is 10.0. The third-order valence-corrected chi connectivity index (χ3v) is 10.4. The lowest BCUT2D eigenvalue weighted by molar-refractivity contribution is -0.150. The van der Waals surface area contributed by atoms with E-state index in [-0.39, 0.29) is 24.8 Å². The molecule has 0 radical (unpaired) electrons. The van der Waals surface area contributed by atoms with Crippen molar-refractivity contribution in [3.05, 3.63) is 0 Å². The van der Waals surface area contributed by atoms with Gasteiger partial charge in [-0.15, -0.1) is 0 Å². The van der Waals surface area contributed by atoms with E-state index in [4.69, 9.17) is 4.74 Å². The van der Waals surface area contributed by atoms with Gasteiger partial charge in [-0.3, -0.25) is 4.79 Å². The number of esters is 1. The van der Waals surface area contributed by atoms with Gasteiger partial charge in [-0.25, -0.2) is 0 Å². The Hall–Kier alpha value is -0.650. The van der Waals surface area contributed by atoms with Crippen molar-refractivity contribution in [2.24, 2.45) is 0 Å². The molecular weight excluding hydrogens is 606 g/mol. The van der Waals surface area contributed by atoms with Crippen molar-refractivity contribution in [1.29, 1.82) is 0 Å². The number of hydrogen-bond donors (Lipinski definition) is 2. The maximum atomic E-state index is 12.8. The third-order valence-electron chi connectivity index (χ3n) is 10.4. The summed E-state index contributed by atoms with van der Waals surface area (Å²) in [5.41, 5.74) is 0. The highest BCUT2D eigenvalue weighted by Crippen LogP contribution is 2.19. The SMILES string of the molecule is CCCCCCCCCCCCCCN(CCCCCO)CC(O)CCCCCC(=O)OC(CCCCCCCC)CCCCCCCC. The monoisotopic (exact) mass is 696 g/mol. The van der Waals surface area contributed by atoms with Crippen molar-refractivity contribution in [1.82, 2.24) is 4.90 Å². The fourth-order valence-electron chi connectivity index (χ4n) is 7.12. The van der Waals surface area contributed by atoms with Crippen molar-refractivity contribution in [2.75, 3.05) is 26.2 Å². The molecule has 49 heavy (non-hydrogen) atoms. The molecule has 1 unspecified atom stereocenters. The van der Waals surface area contributed by atoms with Gasteiger partial charge in [0.05, 0.1) is 6.10 Å². The molecule has 2 N–H and O–H groups in total. The number of hydrogen-bond acceptors (Lipinski definition) is 5. The predicted molar refractivity (Wildman–Crippen MR) is 213 cm³/mol. The molecule has 0 amide bonds. The van der Waals surface area contributed by atoms with E-state index in [0.717, 1.165) is 77.4 Å². The van der Waals surface area contributed by atoms with E-state index in [1.165, 1.54) is 154 Å². The van der Waals surface area contributed by atoms with Gasteiger partial charge in [-0.05, 0) is 77.3 Å². The topological polar surface area (TPSA) is 70.0 Å². The Labute approximate surface area is 307 Å². The largest absolute Gasteiger partial charge is 0.462 e. The van der Waals surface area contributed by atoms with Crippen LogP contribution in [0.3, 0.4) is 0 Å². The van der Waals surface area contributed by atoms with Gasteiger partial charge < -0.3 is 19.8 Å². The molecular formula is C44H89NO4. The number of aliphatic hydroxyl groups is 2. The van der Waals surface area contributed by atoms with Crippen molar-refractivity contribution >= 4 is 5.97 Å². The van der Waals surface area contributed by atoms with Crippen LogP contribution in [-0.2, 0) is 9.53 Å². The molecule has 5 nitrogen and oxygen atoms in total. The Morgan fingerprint density at radius 3 is 1.31 bits per heavy atom. The summed E-state index contributed by atoms with van der Waals surface area (Å²) in [6.45, 7) is 9.91. The zero-order chi connectivity index (χ0) is 35.9. The quantitative estimate of drug-likeness (QED) is 0.0492. The van der Waals surface area contributed by atoms with Crippen LogP contribution in [0.25, 0.3) is 0 Å². The second-order valence-corrected chi connectivity index (χ2v) is 15.5. The maximum absolute atomic E-state index is 12.8. The lowest BCUT2D eigenvalue weighted by Crippen LogP contribution is -2.34. The number of ether oxygens (including phenoxy) is 1. The summed E-state index contributed by atoms with van der Waals surface area (Å²) in [6, 6.07) is 0. The van der Waals surface area contributed by atoms with E-state index in [2.05, 4.69) is 25.7 Å². The second kappa shape index (κ2) is 40.1. The van der Waals surface area contributed by atoms with Gasteiger partial charge in [0, 0.05) is 19.6 Å². The Morgan fingerprint density at radius 1 is 0.490 bits per heavy atom. The van der Waals surface area contributed by atoms with Crippen LogP contribution in [-0.4, -0.2) is 59.5 Å². The zero-order valence-corrected chi connectivity index (χ0v) is 33.7. The first kappa shape index (κ1) is 48.3. The van der Waals surface area contributed by atoms with Crippen LogP contribution in [0.1, 0.15) is 239 Å². The number of carbonyl (C=O) groups excluding carboxylic acids is 1. The molecule has 0 aliphatic rings. The van der Waals surface area contributed by atoms with Crippen molar-refractivity contribution in [2.45, 2.75) is 251 Å². The predicted octanol–water partition coefficient (Wildman–Crippen LogP) is 12.9. The minimum atomic E-state index is -0.304. The first-order valence-corrected chi connectivity index (χ1v) is 22.3. The smallest absolute Gasteiger partial charge is 0.306 e. The highest BCUT2D eigenvalue weighted by Gasteiger charge is 2.15. The molecule has 0 aliphatic carbocycles. The van der Waals surface area contributed by atoms with Gasteiger partial charge in [0.25, 0.3) is 0 Å². The average molecular weight is 696 g/mol. The van der Waals surface area contributed by atoms with Crippen LogP contribution >= 0.6 is 0 Å². The summed E-state index contributed by atoms with van der Waals surface area (Å²) >= 11 is 0. The molecule has 0 saturated heterocycles. The highest BCUT2D eigenvalue weighted by atomic mass is 16.5. The standard InChI is InChI=1S/C44H89NO4/c1-4-7-10-13-16-17-18-19-20-21-24-31-38-45(39-32-26-33-40-46)41-42(47)34-27-25-30-37-44(48)49-43(35-28-22-14-11-8-5-2)36-29-23-15-12-9-6-3/h42-43,46-47H,4-41H2,1-3H3. The second-order valence-electron chi connectivity index (χ2n) is 15.5. The molecule has 0 aromatic rings. The van der Waals surface area contributed by atoms with Crippen molar-refractivity contribution < 1.29 is 19.7 Å². The Kier molecular flexibility index (Phi) is 39.6. The first-order valence-electron chi connectivity index (χ1n) is 22.3. The fraction of sp³-hybridized carbons (Fsp3) is 0.977. The molecule has 0 rings (SSSR count). The molecule has 0 aromatic carbocycles. The number of nitrogens with zero attached hydrogens (tertiary/aromatic N) is 1. The molecule has 294 valence electrons. The molecule has 0 fully saturated rings. The summed E-state index contributed by atoms with van der Waals surface area (Å²) in [6.07, 6.45) is 40.7. The molecule has 0 saturated carbocycles. The van der Waals surface area contributed by atoms with Crippen molar-refractivity contribution in [3.8, 4) is 0 Å². The van der Waals surface area contributed by atoms with Crippen molar-refractivity contribution in [3.63, 3.8) is 0 Å². The summed E-state index contributed by atoms with van der Waals surface area (Å²) in [5.74, 6) is -0.0148. The van der Waals surface area contributed by atoms with Gasteiger partial charge in [0.2, 0.25) is 0 Å². The van der Waals surface area contributed by atoms with Crippen LogP contribution in [0.2, 0.25) is 0 Å². The summed E-state index contributed by atoms with van der Waals surface area (Å²) < 4.78 is 6.03. The molecule has 0 bridgehead atoms. The molecule has 0 aromatic heterocycles. The molecule has 0 spiro atoms. The van der Waals surface area contributed by atoms with E-state index in [9.17, 15) is 15.0 Å². The third kappa shape index (κ3) is 36.9. The van der Waals surface area contributed by atoms with E-state index in [1.807, 2.05) is 0 Å². The minimum Gasteiger partial charge on any atom is -0.462 e. The molecule has 1 atom stereocenters. The van der Waals surface area contributed by atoms with Gasteiger partial charge in [-0.1, -0.05) is 168 Å². The number of aliphatic hydroxyl groups excluding tert-OH is 2. The Morgan fingerprint density at radius 2 is 0.857 bits per heavy atom. The Balaban J connectivity index is 4.29. The molecule has 0 heterocycles. The maximum Gasteiger partial charge on any atom is 0.306 e. The normalized spacial score (nSPS) is 12.4. The lowest BCUT2D eigenvalue weighted by Gasteiger charge is -2.25. The minimum absolute atomic E-state index is 0.0148. The number of carbonyl (C=O) groups is 1. The van der Waals surface area contributed by atoms with E-state index in [1.54, 1.807) is 0 Å². The van der Waals surface area contributed by atoms with Crippen LogP contribution in [0, 0.1) is 0 Å². The van der Waals surface area contributed by atoms with Gasteiger partial charge >= 0.3 is 5.97 Å². The van der Waals surface area contributed by atoms with Crippen LogP contribution < -0.4 is 0 Å². The van der Waals surface area contributed by atoms with Gasteiger partial charge in [0.15, 0.2) is 0 Å². The summed E-state index contributed by atoms with van der Waals surface area (Å²) in [4.78, 5) is 15.2. The highest BCUT2D eigenvalue weighted by molar-refractivity contribution is 5.69. The molecule has 5 heteroatoms. The van der Waals surface area contributed by atoms with Crippen LogP contribution in [0.5, 0.6) is 0 Å². The Bertz CT molecular complexity index is 628.